The van der Waals surface area contributed by atoms with E-state index in [1.54, 1.807) is 24.3 Å². The van der Waals surface area contributed by atoms with Gasteiger partial charge in [0.15, 0.2) is 12.4 Å². The fraction of sp³-hybridized carbons (Fsp3) is 0.286. The third-order valence-corrected chi connectivity index (χ3v) is 4.15. The number of benzene rings is 2. The molecule has 0 aliphatic rings. The highest BCUT2D eigenvalue weighted by molar-refractivity contribution is 5.94. The predicted molar refractivity (Wildman–Crippen MR) is 101 cm³/mol. The number of nitrogens with zero attached hydrogens (tertiary/aromatic N) is 1. The molecule has 0 heterocycles. The zero-order chi connectivity index (χ0) is 19.8. The number of carbonyl (C=O) groups excluding carboxylic acids is 3. The Morgan fingerprint density at radius 3 is 2.26 bits per heavy atom. The molecule has 1 amide bonds. The number of ether oxygens (including phenoxy) is 2. The molecule has 0 aliphatic carbocycles. The Morgan fingerprint density at radius 2 is 1.67 bits per heavy atom. The largest absolute Gasteiger partial charge is 0.484 e. The lowest BCUT2D eigenvalue weighted by molar-refractivity contribution is -0.148. The maximum atomic E-state index is 12.6. The van der Waals surface area contributed by atoms with Crippen LogP contribution in [0, 0.1) is 6.92 Å². The van der Waals surface area contributed by atoms with Gasteiger partial charge in [-0.25, -0.2) is 0 Å². The molecule has 0 aromatic heterocycles. The van der Waals surface area contributed by atoms with Gasteiger partial charge in [-0.3, -0.25) is 14.4 Å². The average Bonchev–Trinajstić information content (AvgIpc) is 2.67. The van der Waals surface area contributed by atoms with Gasteiger partial charge in [-0.15, -0.1) is 0 Å². The SMILES string of the molecule is COC(=O)CN(Cc1ccccc1C)C(=O)COc1ccc(C(C)=O)cc1. The van der Waals surface area contributed by atoms with Crippen molar-refractivity contribution in [2.45, 2.75) is 20.4 Å². The van der Waals surface area contributed by atoms with Gasteiger partial charge >= 0.3 is 5.97 Å². The van der Waals surface area contributed by atoms with Crippen molar-refractivity contribution < 1.29 is 23.9 Å². The zero-order valence-corrected chi connectivity index (χ0v) is 15.7. The topological polar surface area (TPSA) is 72.9 Å². The molecule has 6 nitrogen and oxygen atoms in total. The normalized spacial score (nSPS) is 10.2. The van der Waals surface area contributed by atoms with Gasteiger partial charge in [-0.05, 0) is 49.2 Å². The molecule has 2 aromatic rings. The first-order valence-electron chi connectivity index (χ1n) is 8.53. The number of aryl methyl sites for hydroxylation is 1. The molecule has 0 fully saturated rings. The van der Waals surface area contributed by atoms with Crippen molar-refractivity contribution in [3.63, 3.8) is 0 Å². The van der Waals surface area contributed by atoms with Crippen molar-refractivity contribution in [2.24, 2.45) is 0 Å². The highest BCUT2D eigenvalue weighted by Gasteiger charge is 2.19. The molecule has 142 valence electrons. The van der Waals surface area contributed by atoms with Crippen LogP contribution in [0.1, 0.15) is 28.4 Å². The van der Waals surface area contributed by atoms with Gasteiger partial charge < -0.3 is 14.4 Å². The highest BCUT2D eigenvalue weighted by atomic mass is 16.5. The summed E-state index contributed by atoms with van der Waals surface area (Å²) < 4.78 is 10.2. The maximum absolute atomic E-state index is 12.6. The number of Topliss-reactive ketones (excluding diaryl/α,β-unsaturated/α-hetero) is 1. The smallest absolute Gasteiger partial charge is 0.325 e. The van der Waals surface area contributed by atoms with Gasteiger partial charge in [-0.2, -0.15) is 0 Å². The molecule has 0 N–H and O–H groups in total. The third kappa shape index (κ3) is 5.95. The first-order valence-corrected chi connectivity index (χ1v) is 8.53. The monoisotopic (exact) mass is 369 g/mol. The molecular formula is C21H23NO5. The molecule has 2 rings (SSSR count). The lowest BCUT2D eigenvalue weighted by Crippen LogP contribution is -2.38. The average molecular weight is 369 g/mol. The van der Waals surface area contributed by atoms with Crippen LogP contribution in [0.5, 0.6) is 5.75 Å². The fourth-order valence-corrected chi connectivity index (χ4v) is 2.47. The van der Waals surface area contributed by atoms with E-state index < -0.39 is 5.97 Å². The van der Waals surface area contributed by atoms with Gasteiger partial charge in [-0.1, -0.05) is 24.3 Å². The lowest BCUT2D eigenvalue weighted by Gasteiger charge is -2.22. The molecular weight excluding hydrogens is 346 g/mol. The van der Waals surface area contributed by atoms with Crippen LogP contribution < -0.4 is 4.74 Å². The minimum absolute atomic E-state index is 0.0416. The summed E-state index contributed by atoms with van der Waals surface area (Å²) in [5.74, 6) is -0.399. The Balaban J connectivity index is 2.05. The van der Waals surface area contributed by atoms with Crippen molar-refractivity contribution in [1.82, 2.24) is 4.90 Å². The number of rotatable bonds is 8. The van der Waals surface area contributed by atoms with Crippen LogP contribution in [0.15, 0.2) is 48.5 Å². The number of esters is 1. The molecule has 0 atom stereocenters. The Labute approximate surface area is 158 Å². The molecule has 0 aliphatic heterocycles. The standard InChI is InChI=1S/C21H23NO5/c1-15-6-4-5-7-18(15)12-22(13-21(25)26-3)20(24)14-27-19-10-8-17(9-11-19)16(2)23/h4-11H,12-14H2,1-3H3. The van der Waals surface area contributed by atoms with E-state index in [-0.39, 0.29) is 31.4 Å². The summed E-state index contributed by atoms with van der Waals surface area (Å²) in [5.41, 5.74) is 2.54. The van der Waals surface area contributed by atoms with Crippen LogP contribution in [0.25, 0.3) is 0 Å². The van der Waals surface area contributed by atoms with E-state index >= 15 is 0 Å². The summed E-state index contributed by atoms with van der Waals surface area (Å²) in [4.78, 5) is 37.0. The van der Waals surface area contributed by atoms with E-state index in [4.69, 9.17) is 9.47 Å². The van der Waals surface area contributed by atoms with E-state index in [9.17, 15) is 14.4 Å². The third-order valence-electron chi connectivity index (χ3n) is 4.15. The van der Waals surface area contributed by atoms with E-state index in [2.05, 4.69) is 0 Å². The lowest BCUT2D eigenvalue weighted by atomic mass is 10.1. The number of carbonyl (C=O) groups is 3. The van der Waals surface area contributed by atoms with Crippen LogP contribution in [0.2, 0.25) is 0 Å². The van der Waals surface area contributed by atoms with Gasteiger partial charge in [0.2, 0.25) is 0 Å². The van der Waals surface area contributed by atoms with E-state index in [0.29, 0.717) is 11.3 Å². The summed E-state index contributed by atoms with van der Waals surface area (Å²) in [6, 6.07) is 14.2. The number of hydrogen-bond donors (Lipinski definition) is 0. The summed E-state index contributed by atoms with van der Waals surface area (Å²) in [7, 11) is 1.28. The van der Waals surface area contributed by atoms with Crippen molar-refractivity contribution in [1.29, 1.82) is 0 Å². The molecule has 0 saturated heterocycles. The molecule has 0 radical (unpaired) electrons. The van der Waals surface area contributed by atoms with Gasteiger partial charge in [0.1, 0.15) is 12.3 Å². The maximum Gasteiger partial charge on any atom is 0.325 e. The Kier molecular flexibility index (Phi) is 7.11. The summed E-state index contributed by atoms with van der Waals surface area (Å²) in [6.07, 6.45) is 0. The minimum Gasteiger partial charge on any atom is -0.484 e. The fourth-order valence-electron chi connectivity index (χ4n) is 2.47. The number of ketones is 1. The first-order chi connectivity index (χ1) is 12.9. The Morgan fingerprint density at radius 1 is 1.00 bits per heavy atom. The van der Waals surface area contributed by atoms with E-state index in [1.807, 2.05) is 31.2 Å². The van der Waals surface area contributed by atoms with Crippen molar-refractivity contribution in [2.75, 3.05) is 20.3 Å². The van der Waals surface area contributed by atoms with Crippen molar-refractivity contribution in [3.8, 4) is 5.75 Å². The molecule has 6 heteroatoms. The van der Waals surface area contributed by atoms with Gasteiger partial charge in [0.05, 0.1) is 7.11 Å². The second-order valence-electron chi connectivity index (χ2n) is 6.12. The summed E-state index contributed by atoms with van der Waals surface area (Å²) in [5, 5.41) is 0. The molecule has 0 spiro atoms. The van der Waals surface area contributed by atoms with E-state index in [0.717, 1.165) is 11.1 Å². The Bertz CT molecular complexity index is 814. The molecule has 0 unspecified atom stereocenters. The van der Waals surface area contributed by atoms with E-state index in [1.165, 1.54) is 18.9 Å². The second kappa shape index (κ2) is 9.52. The van der Waals surface area contributed by atoms with Crippen LogP contribution >= 0.6 is 0 Å². The second-order valence-corrected chi connectivity index (χ2v) is 6.12. The Hall–Kier alpha value is -3.15. The van der Waals surface area contributed by atoms with Crippen LogP contribution in [0.4, 0.5) is 0 Å². The van der Waals surface area contributed by atoms with Gasteiger partial charge in [0, 0.05) is 12.1 Å². The minimum atomic E-state index is -0.497. The molecule has 0 bridgehead atoms. The zero-order valence-electron chi connectivity index (χ0n) is 15.7. The number of amides is 1. The summed E-state index contributed by atoms with van der Waals surface area (Å²) >= 11 is 0. The molecule has 2 aromatic carbocycles. The first kappa shape index (κ1) is 20.2. The molecule has 27 heavy (non-hydrogen) atoms. The van der Waals surface area contributed by atoms with Gasteiger partial charge in [0.25, 0.3) is 5.91 Å². The quantitative estimate of drug-likeness (QED) is 0.528. The van der Waals surface area contributed by atoms with Crippen molar-refractivity contribution in [3.05, 3.63) is 65.2 Å². The number of methoxy groups -OCH3 is 1. The highest BCUT2D eigenvalue weighted by Crippen LogP contribution is 2.14. The number of hydrogen-bond acceptors (Lipinski definition) is 5. The van der Waals surface area contributed by atoms with Crippen LogP contribution in [-0.2, 0) is 20.9 Å². The van der Waals surface area contributed by atoms with Crippen LogP contribution in [-0.4, -0.2) is 42.8 Å². The van der Waals surface area contributed by atoms with Crippen molar-refractivity contribution >= 4 is 17.7 Å². The predicted octanol–water partition coefficient (Wildman–Crippen LogP) is 2.78. The van der Waals surface area contributed by atoms with Crippen LogP contribution in [0.3, 0.4) is 0 Å². The molecule has 0 saturated carbocycles. The summed E-state index contributed by atoms with van der Waals surface area (Å²) in [6.45, 7) is 3.34.